The summed E-state index contributed by atoms with van der Waals surface area (Å²) in [5.74, 6) is -0.844. The van der Waals surface area contributed by atoms with Crippen LogP contribution in [0.15, 0.2) is 59.5 Å². The van der Waals surface area contributed by atoms with Gasteiger partial charge in [-0.15, -0.1) is 0 Å². The van der Waals surface area contributed by atoms with Gasteiger partial charge in [0.25, 0.3) is 10.1 Å². The number of hydrogen-bond acceptors (Lipinski definition) is 7. The lowest BCUT2D eigenvalue weighted by Gasteiger charge is -2.28. The van der Waals surface area contributed by atoms with Gasteiger partial charge in [-0.05, 0) is 51.8 Å². The van der Waals surface area contributed by atoms with Crippen molar-refractivity contribution in [2.75, 3.05) is 0 Å². The van der Waals surface area contributed by atoms with Crippen molar-refractivity contribution in [2.24, 2.45) is 0 Å². The molecule has 180 valence electrons. The van der Waals surface area contributed by atoms with Gasteiger partial charge in [0.15, 0.2) is 12.1 Å². The highest BCUT2D eigenvalue weighted by Gasteiger charge is 2.58. The van der Waals surface area contributed by atoms with Crippen LogP contribution in [0.1, 0.15) is 51.3 Å². The van der Waals surface area contributed by atoms with Gasteiger partial charge in [-0.1, -0.05) is 55.0 Å². The van der Waals surface area contributed by atoms with Crippen LogP contribution < -0.4 is 0 Å². The molecular formula is C25H32O7S. The molecule has 0 amide bonds. The summed E-state index contributed by atoms with van der Waals surface area (Å²) in [7, 11) is -3.98. The van der Waals surface area contributed by atoms with E-state index >= 15 is 0 Å². The maximum absolute atomic E-state index is 12.8. The van der Waals surface area contributed by atoms with E-state index in [1.165, 1.54) is 12.1 Å². The molecule has 33 heavy (non-hydrogen) atoms. The van der Waals surface area contributed by atoms with E-state index in [1.54, 1.807) is 19.1 Å². The lowest BCUT2D eigenvalue weighted by atomic mass is 10.1. The molecule has 2 fully saturated rings. The Morgan fingerprint density at radius 1 is 1.00 bits per heavy atom. The van der Waals surface area contributed by atoms with Crippen LogP contribution in [-0.4, -0.2) is 44.9 Å². The molecule has 1 unspecified atom stereocenters. The average molecular weight is 477 g/mol. The molecule has 0 spiro atoms. The SMILES string of the molecule is CCC(O[C@H]1O[C@H]([C@@H](C)OS(=O)(=O)c2ccc(C)cc2)[C@@H]2OC(C)(C)O[C@H]12)c1ccccc1. The molecule has 2 heterocycles. The Labute approximate surface area is 196 Å². The van der Waals surface area contributed by atoms with Gasteiger partial charge in [-0.2, -0.15) is 8.42 Å². The van der Waals surface area contributed by atoms with E-state index in [9.17, 15) is 8.42 Å². The summed E-state index contributed by atoms with van der Waals surface area (Å²) in [5.41, 5.74) is 2.00. The van der Waals surface area contributed by atoms with Crippen LogP contribution in [0.5, 0.6) is 0 Å². The van der Waals surface area contributed by atoms with Crippen LogP contribution in [-0.2, 0) is 33.2 Å². The Morgan fingerprint density at radius 2 is 1.64 bits per heavy atom. The summed E-state index contributed by atoms with van der Waals surface area (Å²) in [6, 6.07) is 16.4. The smallest absolute Gasteiger partial charge is 0.297 e. The predicted molar refractivity (Wildman–Crippen MR) is 122 cm³/mol. The Kier molecular flexibility index (Phi) is 6.96. The van der Waals surface area contributed by atoms with Gasteiger partial charge in [-0.25, -0.2) is 0 Å². The molecule has 0 bridgehead atoms. The fourth-order valence-corrected chi connectivity index (χ4v) is 5.42. The lowest BCUT2D eigenvalue weighted by Crippen LogP contribution is -2.39. The first-order valence-corrected chi connectivity index (χ1v) is 12.7. The normalized spacial score (nSPS) is 28.4. The molecule has 6 atom stereocenters. The van der Waals surface area contributed by atoms with Gasteiger partial charge in [-0.3, -0.25) is 4.18 Å². The summed E-state index contributed by atoms with van der Waals surface area (Å²) in [5, 5.41) is 0. The molecule has 2 saturated heterocycles. The molecule has 2 aliphatic heterocycles. The molecule has 4 rings (SSSR count). The maximum Gasteiger partial charge on any atom is 0.297 e. The first-order valence-electron chi connectivity index (χ1n) is 11.3. The first kappa shape index (κ1) is 24.3. The summed E-state index contributed by atoms with van der Waals surface area (Å²) in [4.78, 5) is 0.0985. The molecule has 2 aromatic rings. The van der Waals surface area contributed by atoms with Crippen molar-refractivity contribution in [1.82, 2.24) is 0 Å². The van der Waals surface area contributed by atoms with Crippen LogP contribution in [0.2, 0.25) is 0 Å². The van der Waals surface area contributed by atoms with Crippen molar-refractivity contribution in [3.63, 3.8) is 0 Å². The number of hydrogen-bond donors (Lipinski definition) is 0. The van der Waals surface area contributed by atoms with E-state index in [0.29, 0.717) is 0 Å². The topological polar surface area (TPSA) is 80.3 Å². The molecule has 0 aromatic heterocycles. The molecule has 0 radical (unpaired) electrons. The number of ether oxygens (including phenoxy) is 4. The first-order chi connectivity index (χ1) is 15.6. The molecular weight excluding hydrogens is 444 g/mol. The Morgan fingerprint density at radius 3 is 2.27 bits per heavy atom. The predicted octanol–water partition coefficient (Wildman–Crippen LogP) is 4.50. The Hall–Kier alpha value is -1.81. The van der Waals surface area contributed by atoms with E-state index in [1.807, 2.05) is 58.0 Å². The van der Waals surface area contributed by atoms with Crippen molar-refractivity contribution in [2.45, 2.75) is 88.5 Å². The number of aryl methyl sites for hydroxylation is 1. The minimum atomic E-state index is -3.98. The van der Waals surface area contributed by atoms with E-state index < -0.39 is 46.6 Å². The molecule has 8 heteroatoms. The van der Waals surface area contributed by atoms with Crippen molar-refractivity contribution < 1.29 is 31.5 Å². The molecule has 7 nitrogen and oxygen atoms in total. The second kappa shape index (κ2) is 9.44. The second-order valence-electron chi connectivity index (χ2n) is 9.05. The van der Waals surface area contributed by atoms with Crippen LogP contribution in [0.4, 0.5) is 0 Å². The third kappa shape index (κ3) is 5.31. The summed E-state index contributed by atoms with van der Waals surface area (Å²) in [6.45, 7) is 9.24. The van der Waals surface area contributed by atoms with Crippen molar-refractivity contribution >= 4 is 10.1 Å². The van der Waals surface area contributed by atoms with Gasteiger partial charge in [0.2, 0.25) is 0 Å². The minimum Gasteiger partial charge on any atom is -0.342 e. The number of fused-ring (bicyclic) bond motifs is 1. The lowest BCUT2D eigenvalue weighted by molar-refractivity contribution is -0.252. The molecule has 2 aliphatic rings. The molecule has 2 aromatic carbocycles. The van der Waals surface area contributed by atoms with Crippen molar-refractivity contribution in [3.05, 3.63) is 65.7 Å². The molecule has 0 saturated carbocycles. The van der Waals surface area contributed by atoms with E-state index in [2.05, 4.69) is 0 Å². The van der Waals surface area contributed by atoms with Gasteiger partial charge in [0.1, 0.15) is 24.4 Å². The quantitative estimate of drug-likeness (QED) is 0.519. The highest BCUT2D eigenvalue weighted by atomic mass is 32.2. The number of benzene rings is 2. The second-order valence-corrected chi connectivity index (χ2v) is 10.6. The number of rotatable bonds is 8. The van der Waals surface area contributed by atoms with Gasteiger partial charge in [0.05, 0.1) is 11.0 Å². The highest BCUT2D eigenvalue weighted by Crippen LogP contribution is 2.42. The van der Waals surface area contributed by atoms with E-state index in [-0.39, 0.29) is 11.0 Å². The van der Waals surface area contributed by atoms with E-state index in [0.717, 1.165) is 17.5 Å². The molecule has 0 N–H and O–H groups in total. The van der Waals surface area contributed by atoms with Crippen LogP contribution in [0.3, 0.4) is 0 Å². The summed E-state index contributed by atoms with van der Waals surface area (Å²) >= 11 is 0. The standard InChI is InChI=1S/C25H32O7S/c1-6-20(18-10-8-7-9-11-18)28-24-23-22(30-25(4,5)31-23)21(29-24)17(3)32-33(26,27)19-14-12-16(2)13-15-19/h7-15,17,20-24H,6H2,1-5H3/t17-,20?,21-,22+,23+,24+/m1/s1. The zero-order chi connectivity index (χ0) is 23.8. The fraction of sp³-hybridized carbons (Fsp3) is 0.520. The maximum atomic E-state index is 12.8. The van der Waals surface area contributed by atoms with Crippen molar-refractivity contribution in [3.8, 4) is 0 Å². The minimum absolute atomic E-state index is 0.0985. The van der Waals surface area contributed by atoms with Gasteiger partial charge in [0, 0.05) is 0 Å². The van der Waals surface area contributed by atoms with Gasteiger partial charge >= 0.3 is 0 Å². The average Bonchev–Trinajstić information content (AvgIpc) is 3.25. The third-order valence-corrected chi connectivity index (χ3v) is 7.34. The summed E-state index contributed by atoms with van der Waals surface area (Å²) < 4.78 is 55.9. The zero-order valence-corrected chi connectivity index (χ0v) is 20.4. The highest BCUT2D eigenvalue weighted by molar-refractivity contribution is 7.86. The van der Waals surface area contributed by atoms with E-state index in [4.69, 9.17) is 23.1 Å². The van der Waals surface area contributed by atoms with Crippen LogP contribution in [0.25, 0.3) is 0 Å². The largest absolute Gasteiger partial charge is 0.342 e. The fourth-order valence-electron chi connectivity index (χ4n) is 4.33. The Bertz CT molecular complexity index is 1040. The molecule has 0 aliphatic carbocycles. The van der Waals surface area contributed by atoms with Crippen LogP contribution in [0, 0.1) is 6.92 Å². The van der Waals surface area contributed by atoms with Gasteiger partial charge < -0.3 is 18.9 Å². The third-order valence-electron chi connectivity index (χ3n) is 5.94. The summed E-state index contributed by atoms with van der Waals surface area (Å²) in [6.07, 6.45) is -2.71. The zero-order valence-electron chi connectivity index (χ0n) is 19.6. The Balaban J connectivity index is 1.52. The van der Waals surface area contributed by atoms with Crippen LogP contribution >= 0.6 is 0 Å². The van der Waals surface area contributed by atoms with Crippen molar-refractivity contribution in [1.29, 1.82) is 0 Å². The monoisotopic (exact) mass is 476 g/mol.